The smallest absolute Gasteiger partial charge is 0.287 e. The van der Waals surface area contributed by atoms with Gasteiger partial charge in [-0.1, -0.05) is 25.5 Å². The number of aliphatic imine (C=N–C) groups is 1. The first-order valence-electron chi connectivity index (χ1n) is 6.40. The molecule has 0 saturated carbocycles. The fourth-order valence-electron chi connectivity index (χ4n) is 2.12. The standard InChI is InChI=1S/C13H22N2O2/c1-4-5-8-16-9-10-6-7-11-12(10)17-13(14-11)15(2)3/h6-7,10-12H,4-5,8-9H2,1-3H3/t10-,11+,12-/m0/s1. The van der Waals surface area contributed by atoms with Crippen LogP contribution in [0.1, 0.15) is 19.8 Å². The van der Waals surface area contributed by atoms with Gasteiger partial charge in [-0.25, -0.2) is 4.99 Å². The lowest BCUT2D eigenvalue weighted by atomic mass is 10.1. The predicted molar refractivity (Wildman–Crippen MR) is 68.1 cm³/mol. The average molecular weight is 238 g/mol. The van der Waals surface area contributed by atoms with Crippen LogP contribution in [0.4, 0.5) is 0 Å². The van der Waals surface area contributed by atoms with E-state index in [2.05, 4.69) is 24.1 Å². The summed E-state index contributed by atoms with van der Waals surface area (Å²) in [5, 5.41) is 0. The van der Waals surface area contributed by atoms with Gasteiger partial charge in [0, 0.05) is 26.6 Å². The van der Waals surface area contributed by atoms with Gasteiger partial charge in [0.05, 0.1) is 6.61 Å². The molecule has 1 aliphatic heterocycles. The van der Waals surface area contributed by atoms with Gasteiger partial charge in [-0.15, -0.1) is 0 Å². The molecule has 0 amide bonds. The highest BCUT2D eigenvalue weighted by molar-refractivity contribution is 5.76. The van der Waals surface area contributed by atoms with Crippen LogP contribution in [0, 0.1) is 5.92 Å². The molecule has 0 spiro atoms. The maximum Gasteiger partial charge on any atom is 0.287 e. The molecule has 2 rings (SSSR count). The Morgan fingerprint density at radius 3 is 2.94 bits per heavy atom. The maximum absolute atomic E-state index is 5.85. The third-order valence-electron chi connectivity index (χ3n) is 3.15. The number of unbranched alkanes of at least 4 members (excludes halogenated alkanes) is 1. The third-order valence-corrected chi connectivity index (χ3v) is 3.15. The van der Waals surface area contributed by atoms with Crippen LogP contribution in [0.15, 0.2) is 17.1 Å². The Morgan fingerprint density at radius 1 is 1.41 bits per heavy atom. The Kier molecular flexibility index (Phi) is 4.05. The molecule has 96 valence electrons. The van der Waals surface area contributed by atoms with Gasteiger partial charge in [0.1, 0.15) is 12.1 Å². The van der Waals surface area contributed by atoms with Crippen molar-refractivity contribution in [3.8, 4) is 0 Å². The number of rotatable bonds is 5. The van der Waals surface area contributed by atoms with Gasteiger partial charge < -0.3 is 14.4 Å². The number of hydrogen-bond acceptors (Lipinski definition) is 4. The molecule has 0 aromatic carbocycles. The van der Waals surface area contributed by atoms with E-state index in [0.717, 1.165) is 25.7 Å². The fraction of sp³-hybridized carbons (Fsp3) is 0.769. The van der Waals surface area contributed by atoms with Crippen molar-refractivity contribution in [3.05, 3.63) is 12.2 Å². The zero-order valence-electron chi connectivity index (χ0n) is 10.9. The molecule has 3 atom stereocenters. The predicted octanol–water partition coefficient (Wildman–Crippen LogP) is 1.67. The summed E-state index contributed by atoms with van der Waals surface area (Å²) in [7, 11) is 3.91. The number of hydrogen-bond donors (Lipinski definition) is 0. The van der Waals surface area contributed by atoms with Crippen LogP contribution in [0.2, 0.25) is 0 Å². The monoisotopic (exact) mass is 238 g/mol. The molecule has 0 aromatic heterocycles. The molecular formula is C13H22N2O2. The molecule has 0 unspecified atom stereocenters. The number of amidine groups is 1. The highest BCUT2D eigenvalue weighted by atomic mass is 16.5. The van der Waals surface area contributed by atoms with Crippen molar-refractivity contribution in [2.75, 3.05) is 27.3 Å². The van der Waals surface area contributed by atoms with Crippen LogP contribution in [-0.2, 0) is 9.47 Å². The first kappa shape index (κ1) is 12.4. The van der Waals surface area contributed by atoms with Crippen molar-refractivity contribution >= 4 is 6.02 Å². The molecular weight excluding hydrogens is 216 g/mol. The third kappa shape index (κ3) is 2.80. The lowest BCUT2D eigenvalue weighted by Crippen LogP contribution is -2.30. The second kappa shape index (κ2) is 5.54. The quantitative estimate of drug-likeness (QED) is 0.540. The van der Waals surface area contributed by atoms with E-state index in [1.165, 1.54) is 6.42 Å². The van der Waals surface area contributed by atoms with Crippen LogP contribution < -0.4 is 0 Å². The van der Waals surface area contributed by atoms with Crippen molar-refractivity contribution in [3.63, 3.8) is 0 Å². The molecule has 4 heteroatoms. The average Bonchev–Trinajstić information content (AvgIpc) is 2.85. The summed E-state index contributed by atoms with van der Waals surface area (Å²) in [5.74, 6) is 0.345. The largest absolute Gasteiger partial charge is 0.458 e. The minimum Gasteiger partial charge on any atom is -0.458 e. The second-order valence-electron chi connectivity index (χ2n) is 4.86. The lowest BCUT2D eigenvalue weighted by Gasteiger charge is -2.20. The molecule has 0 fully saturated rings. The molecule has 17 heavy (non-hydrogen) atoms. The topological polar surface area (TPSA) is 34.1 Å². The van der Waals surface area contributed by atoms with E-state index in [0.29, 0.717) is 5.92 Å². The summed E-state index contributed by atoms with van der Waals surface area (Å²) in [4.78, 5) is 6.44. The molecule has 1 heterocycles. The van der Waals surface area contributed by atoms with Crippen molar-refractivity contribution < 1.29 is 9.47 Å². The second-order valence-corrected chi connectivity index (χ2v) is 4.86. The lowest BCUT2D eigenvalue weighted by molar-refractivity contribution is 0.0593. The first-order valence-corrected chi connectivity index (χ1v) is 6.40. The molecule has 0 bridgehead atoms. The number of ether oxygens (including phenoxy) is 2. The van der Waals surface area contributed by atoms with Crippen LogP contribution in [-0.4, -0.2) is 50.4 Å². The van der Waals surface area contributed by atoms with Gasteiger partial charge in [0.25, 0.3) is 6.02 Å². The van der Waals surface area contributed by atoms with Crippen LogP contribution in [0.3, 0.4) is 0 Å². The fourth-order valence-corrected chi connectivity index (χ4v) is 2.12. The van der Waals surface area contributed by atoms with Crippen molar-refractivity contribution in [2.45, 2.75) is 31.9 Å². The van der Waals surface area contributed by atoms with Gasteiger partial charge in [-0.3, -0.25) is 0 Å². The van der Waals surface area contributed by atoms with Crippen molar-refractivity contribution in [1.29, 1.82) is 0 Å². The minimum absolute atomic E-state index is 0.147. The van der Waals surface area contributed by atoms with E-state index in [9.17, 15) is 0 Å². The Bertz CT molecular complexity index is 313. The summed E-state index contributed by atoms with van der Waals surface area (Å²) >= 11 is 0. The van der Waals surface area contributed by atoms with Crippen molar-refractivity contribution in [1.82, 2.24) is 4.90 Å². The van der Waals surface area contributed by atoms with Gasteiger partial charge >= 0.3 is 0 Å². The molecule has 1 aliphatic carbocycles. The summed E-state index contributed by atoms with van der Waals surface area (Å²) in [6.07, 6.45) is 6.77. The summed E-state index contributed by atoms with van der Waals surface area (Å²) in [6, 6.07) is 0.926. The number of nitrogens with zero attached hydrogens (tertiary/aromatic N) is 2. The van der Waals surface area contributed by atoms with Gasteiger partial charge in [0.15, 0.2) is 0 Å². The summed E-state index contributed by atoms with van der Waals surface area (Å²) in [5.41, 5.74) is 0. The van der Waals surface area contributed by atoms with E-state index in [1.54, 1.807) is 0 Å². The van der Waals surface area contributed by atoms with E-state index in [4.69, 9.17) is 9.47 Å². The van der Waals surface area contributed by atoms with Crippen LogP contribution in [0.25, 0.3) is 0 Å². The SMILES string of the molecule is CCCCOC[C@@H]1C=C[C@H]2N=C(N(C)C)O[C@@H]12. The normalized spacial score (nSPS) is 30.1. The Labute approximate surface area is 103 Å². The molecule has 4 nitrogen and oxygen atoms in total. The Hall–Kier alpha value is -1.03. The molecule has 0 aromatic rings. The van der Waals surface area contributed by atoms with Gasteiger partial charge in [-0.2, -0.15) is 0 Å². The highest BCUT2D eigenvalue weighted by Crippen LogP contribution is 2.29. The zero-order valence-corrected chi connectivity index (χ0v) is 10.9. The van der Waals surface area contributed by atoms with E-state index < -0.39 is 0 Å². The first-order chi connectivity index (χ1) is 8.22. The minimum atomic E-state index is 0.147. The van der Waals surface area contributed by atoms with E-state index in [-0.39, 0.29) is 12.1 Å². The molecule has 0 radical (unpaired) electrons. The maximum atomic E-state index is 5.85. The van der Waals surface area contributed by atoms with Gasteiger partial charge in [-0.05, 0) is 6.42 Å². The van der Waals surface area contributed by atoms with E-state index in [1.807, 2.05) is 19.0 Å². The molecule has 0 saturated heterocycles. The molecule has 2 aliphatic rings. The van der Waals surface area contributed by atoms with E-state index >= 15 is 0 Å². The van der Waals surface area contributed by atoms with Crippen LogP contribution in [0.5, 0.6) is 0 Å². The van der Waals surface area contributed by atoms with Gasteiger partial charge in [0.2, 0.25) is 0 Å². The molecule has 0 N–H and O–H groups in total. The van der Waals surface area contributed by atoms with Crippen molar-refractivity contribution in [2.24, 2.45) is 10.9 Å². The zero-order chi connectivity index (χ0) is 12.3. The Balaban J connectivity index is 1.79. The highest BCUT2D eigenvalue weighted by Gasteiger charge is 2.39. The summed E-state index contributed by atoms with van der Waals surface area (Å²) < 4.78 is 11.5. The Morgan fingerprint density at radius 2 is 2.24 bits per heavy atom. The van der Waals surface area contributed by atoms with Crippen LogP contribution >= 0.6 is 0 Å². The number of fused-ring (bicyclic) bond motifs is 1. The summed E-state index contributed by atoms with van der Waals surface area (Å²) in [6.45, 7) is 3.76.